The van der Waals surface area contributed by atoms with Gasteiger partial charge in [-0.15, -0.1) is 0 Å². The highest BCUT2D eigenvalue weighted by Crippen LogP contribution is 2.25. The fourth-order valence-electron chi connectivity index (χ4n) is 1.44. The molecule has 2 aromatic heterocycles. The van der Waals surface area contributed by atoms with Crippen LogP contribution in [-0.2, 0) is 10.0 Å². The van der Waals surface area contributed by atoms with Crippen molar-refractivity contribution in [2.45, 2.75) is 24.8 Å². The van der Waals surface area contributed by atoms with Crippen LogP contribution in [0, 0.1) is 0 Å². The maximum atomic E-state index is 12.2. The summed E-state index contributed by atoms with van der Waals surface area (Å²) in [6, 6.07) is 1.46. The summed E-state index contributed by atoms with van der Waals surface area (Å²) < 4.78 is 28.3. The minimum Gasteiger partial charge on any atom is -0.276 e. The maximum Gasteiger partial charge on any atom is 0.265 e. The van der Waals surface area contributed by atoms with E-state index in [0.717, 1.165) is 0 Å². The van der Waals surface area contributed by atoms with E-state index in [1.807, 2.05) is 13.8 Å². The van der Waals surface area contributed by atoms with Crippen LogP contribution in [0.3, 0.4) is 0 Å². The molecular formula is C11H12Cl2N4O2S. The fourth-order valence-corrected chi connectivity index (χ4v) is 2.80. The fraction of sp³-hybridized carbons (Fsp3) is 0.273. The minimum atomic E-state index is -3.78. The predicted molar refractivity (Wildman–Crippen MR) is 77.7 cm³/mol. The lowest BCUT2D eigenvalue weighted by Crippen LogP contribution is -2.13. The number of halogens is 2. The van der Waals surface area contributed by atoms with Crippen LogP contribution < -0.4 is 4.72 Å². The van der Waals surface area contributed by atoms with Crippen LogP contribution in [0.2, 0.25) is 10.2 Å². The molecule has 0 aliphatic carbocycles. The molecule has 6 nitrogen and oxygen atoms in total. The summed E-state index contributed by atoms with van der Waals surface area (Å²) in [7, 11) is -3.78. The van der Waals surface area contributed by atoms with Crippen molar-refractivity contribution >= 4 is 38.9 Å². The van der Waals surface area contributed by atoms with Crippen molar-refractivity contribution in [2.75, 3.05) is 4.72 Å². The Morgan fingerprint density at radius 1 is 1.30 bits per heavy atom. The second-order valence-corrected chi connectivity index (χ2v) is 6.82. The molecule has 0 saturated carbocycles. The Hall–Kier alpha value is -1.31. The number of pyridine rings is 1. The van der Waals surface area contributed by atoms with Crippen LogP contribution in [-0.4, -0.2) is 23.2 Å². The van der Waals surface area contributed by atoms with Crippen LogP contribution in [0.15, 0.2) is 29.6 Å². The number of aromatic nitrogens is 3. The van der Waals surface area contributed by atoms with Gasteiger partial charge in [-0.3, -0.25) is 9.40 Å². The molecule has 0 aromatic carbocycles. The zero-order chi connectivity index (χ0) is 14.9. The Bertz CT molecular complexity index is 728. The number of nitrogens with zero attached hydrogens (tertiary/aromatic N) is 3. The van der Waals surface area contributed by atoms with E-state index in [1.54, 1.807) is 4.68 Å². The number of hydrogen-bond acceptors (Lipinski definition) is 4. The molecule has 0 unspecified atom stereocenters. The molecule has 0 amide bonds. The Balaban J connectivity index is 2.33. The first-order valence-corrected chi connectivity index (χ1v) is 7.91. The van der Waals surface area contributed by atoms with E-state index >= 15 is 0 Å². The topological polar surface area (TPSA) is 76.9 Å². The maximum absolute atomic E-state index is 12.2. The lowest BCUT2D eigenvalue weighted by atomic mass is 10.4. The SMILES string of the molecule is CC(C)n1cc(S(=O)(=O)Nc2cc(Cl)cnc2Cl)cn1. The second kappa shape index (κ2) is 5.59. The van der Waals surface area contributed by atoms with Gasteiger partial charge in [-0.2, -0.15) is 5.10 Å². The van der Waals surface area contributed by atoms with Gasteiger partial charge in [-0.25, -0.2) is 13.4 Å². The van der Waals surface area contributed by atoms with Gasteiger partial charge in [0.2, 0.25) is 0 Å². The van der Waals surface area contributed by atoms with E-state index < -0.39 is 10.0 Å². The van der Waals surface area contributed by atoms with Gasteiger partial charge in [0.15, 0.2) is 5.15 Å². The van der Waals surface area contributed by atoms with Crippen LogP contribution in [0.4, 0.5) is 5.69 Å². The molecule has 0 fully saturated rings. The molecular weight excluding hydrogens is 323 g/mol. The van der Waals surface area contributed by atoms with Gasteiger partial charge in [-0.05, 0) is 19.9 Å². The van der Waals surface area contributed by atoms with Crippen molar-refractivity contribution < 1.29 is 8.42 Å². The molecule has 9 heteroatoms. The molecule has 0 spiro atoms. The van der Waals surface area contributed by atoms with Crippen LogP contribution >= 0.6 is 23.2 Å². The normalized spacial score (nSPS) is 11.8. The molecule has 108 valence electrons. The van der Waals surface area contributed by atoms with Gasteiger partial charge in [0.1, 0.15) is 4.90 Å². The lowest BCUT2D eigenvalue weighted by Gasteiger charge is -2.08. The van der Waals surface area contributed by atoms with Gasteiger partial charge >= 0.3 is 0 Å². The van der Waals surface area contributed by atoms with Crippen LogP contribution in [0.25, 0.3) is 0 Å². The van der Waals surface area contributed by atoms with Gasteiger partial charge in [0, 0.05) is 18.4 Å². The number of rotatable bonds is 4. The van der Waals surface area contributed by atoms with Crippen LogP contribution in [0.5, 0.6) is 0 Å². The summed E-state index contributed by atoms with van der Waals surface area (Å²) in [5.41, 5.74) is 0.122. The standard InChI is InChI=1S/C11H12Cl2N4O2S/c1-7(2)17-6-9(5-15-17)20(18,19)16-10-3-8(12)4-14-11(10)13/h3-7,16H,1-2H3. The minimum absolute atomic E-state index is 0.0224. The van der Waals surface area contributed by atoms with E-state index in [4.69, 9.17) is 23.2 Å². The van der Waals surface area contributed by atoms with Crippen molar-refractivity contribution in [1.29, 1.82) is 0 Å². The molecule has 20 heavy (non-hydrogen) atoms. The molecule has 0 bridgehead atoms. The first kappa shape index (κ1) is 15.1. The molecule has 0 atom stereocenters. The van der Waals surface area contributed by atoms with E-state index in [-0.39, 0.29) is 26.8 Å². The summed E-state index contributed by atoms with van der Waals surface area (Å²) in [6.45, 7) is 3.79. The first-order chi connectivity index (χ1) is 9.29. The van der Waals surface area contributed by atoms with E-state index in [2.05, 4.69) is 14.8 Å². The van der Waals surface area contributed by atoms with Gasteiger partial charge in [-0.1, -0.05) is 23.2 Å². The number of anilines is 1. The Kier molecular flexibility index (Phi) is 4.22. The summed E-state index contributed by atoms with van der Waals surface area (Å²) in [6.07, 6.45) is 4.05. The van der Waals surface area contributed by atoms with Gasteiger partial charge < -0.3 is 0 Å². The Morgan fingerprint density at radius 2 is 2.00 bits per heavy atom. The van der Waals surface area contributed by atoms with Crippen molar-refractivity contribution in [3.8, 4) is 0 Å². The highest BCUT2D eigenvalue weighted by atomic mass is 35.5. The molecule has 2 aromatic rings. The van der Waals surface area contributed by atoms with Gasteiger partial charge in [0.25, 0.3) is 10.0 Å². The quantitative estimate of drug-likeness (QED) is 0.872. The average molecular weight is 335 g/mol. The molecule has 0 aliphatic rings. The number of nitrogens with one attached hydrogen (secondary N) is 1. The number of hydrogen-bond donors (Lipinski definition) is 1. The van der Waals surface area contributed by atoms with Gasteiger partial charge in [0.05, 0.1) is 16.9 Å². The molecule has 0 radical (unpaired) electrons. The van der Waals surface area contributed by atoms with Crippen LogP contribution in [0.1, 0.15) is 19.9 Å². The molecule has 2 rings (SSSR count). The van der Waals surface area contributed by atoms with Crippen molar-refractivity contribution in [3.05, 3.63) is 34.8 Å². The van der Waals surface area contributed by atoms with E-state index in [1.165, 1.54) is 24.7 Å². The molecule has 2 heterocycles. The summed E-state index contributed by atoms with van der Waals surface area (Å²) >= 11 is 11.6. The third-order valence-corrected chi connectivity index (χ3v) is 4.30. The Labute approximate surface area is 126 Å². The second-order valence-electron chi connectivity index (χ2n) is 4.35. The molecule has 1 N–H and O–H groups in total. The molecule has 0 saturated heterocycles. The Morgan fingerprint density at radius 3 is 2.60 bits per heavy atom. The van der Waals surface area contributed by atoms with Crippen molar-refractivity contribution in [1.82, 2.24) is 14.8 Å². The zero-order valence-electron chi connectivity index (χ0n) is 10.7. The third kappa shape index (κ3) is 3.23. The molecule has 0 aliphatic heterocycles. The summed E-state index contributed by atoms with van der Waals surface area (Å²) in [5.74, 6) is 0. The smallest absolute Gasteiger partial charge is 0.265 e. The predicted octanol–water partition coefficient (Wildman–Crippen LogP) is 2.97. The third-order valence-electron chi connectivity index (χ3n) is 2.47. The zero-order valence-corrected chi connectivity index (χ0v) is 13.0. The van der Waals surface area contributed by atoms with Crippen molar-refractivity contribution in [3.63, 3.8) is 0 Å². The monoisotopic (exact) mass is 334 g/mol. The van der Waals surface area contributed by atoms with E-state index in [9.17, 15) is 8.42 Å². The lowest BCUT2D eigenvalue weighted by molar-refractivity contribution is 0.531. The summed E-state index contributed by atoms with van der Waals surface area (Å²) in [4.78, 5) is 3.82. The summed E-state index contributed by atoms with van der Waals surface area (Å²) in [5, 5.41) is 4.29. The highest BCUT2D eigenvalue weighted by molar-refractivity contribution is 7.92. The first-order valence-electron chi connectivity index (χ1n) is 5.67. The highest BCUT2D eigenvalue weighted by Gasteiger charge is 2.19. The van der Waals surface area contributed by atoms with E-state index in [0.29, 0.717) is 0 Å². The average Bonchev–Trinajstić information content (AvgIpc) is 2.84. The largest absolute Gasteiger partial charge is 0.276 e. The number of sulfonamides is 1. The van der Waals surface area contributed by atoms with Crippen molar-refractivity contribution in [2.24, 2.45) is 0 Å².